The molecule has 2 aliphatic heterocycles. The second-order valence-electron chi connectivity index (χ2n) is 19.1. The fraction of sp³-hybridized carbons (Fsp3) is 0.481. The molecule has 12 N–H and O–H groups in total. The molecule has 23 nitrogen and oxygen atoms in total. The van der Waals surface area contributed by atoms with Gasteiger partial charge < -0.3 is 72.4 Å². The first-order valence-corrected chi connectivity index (χ1v) is 24.7. The van der Waals surface area contributed by atoms with Gasteiger partial charge in [-0.2, -0.15) is 0 Å². The number of cyclic esters (lactones) is 1. The number of esters is 1. The molecule has 406 valence electrons. The maximum absolute atomic E-state index is 14.8. The molecule has 2 bridgehead atoms. The molecular weight excluding hydrogens is 977 g/mol. The van der Waals surface area contributed by atoms with E-state index in [1.54, 1.807) is 44.2 Å². The van der Waals surface area contributed by atoms with E-state index in [1.165, 1.54) is 69.4 Å². The van der Waals surface area contributed by atoms with Crippen molar-refractivity contribution in [2.75, 3.05) is 7.05 Å². The summed E-state index contributed by atoms with van der Waals surface area (Å²) in [5.41, 5.74) is 6.80. The molecule has 2 fully saturated rings. The second kappa shape index (κ2) is 26.5. The number of hydrogen-bond donors (Lipinski definition) is 11. The lowest BCUT2D eigenvalue weighted by Crippen LogP contribution is -2.67. The molecule has 3 unspecified atom stereocenters. The number of rotatable bonds is 16. The van der Waals surface area contributed by atoms with Crippen LogP contribution >= 0.6 is 0 Å². The van der Waals surface area contributed by atoms with Crippen LogP contribution < -0.4 is 32.3 Å². The molecule has 12 atom stereocenters. The minimum atomic E-state index is -1.94. The zero-order chi connectivity index (χ0) is 55.3. The number of amides is 8. The van der Waals surface area contributed by atoms with Crippen LogP contribution in [0.2, 0.25) is 0 Å². The molecule has 23 heteroatoms. The standard InChI is InChI=1S/C52H68N8O15/c1-6-27(2)42-52(74)75-29(4)43(58-45(67)35(20-22-40(53)65)54-48(70)39(64)26-32-14-18-34(63)19-15-32)49(71)56-37(24-31-12-16-33(62)17-13-31)46(68)55-36-21-23-41(66)60(50(36)72)44(28(3)61)51(73)59(5)38(47(69)57-42)25-30-10-8-7-9-11-30/h7-19,27-29,35-39,41-44,61-64,66H,6,20-26H2,1-5H3,(H2,53,65)(H,54,70)(H,55,68)(H,56,71)(H,57,69)(H,58,67)/t27-,28+,29+,35-,36-,37?,38-,39+,41+,42-,43?,44?/m0/s1. The van der Waals surface area contributed by atoms with Crippen molar-refractivity contribution in [3.8, 4) is 11.5 Å². The zero-order valence-corrected chi connectivity index (χ0v) is 42.4. The number of carbonyl (C=O) groups excluding carboxylic acids is 9. The van der Waals surface area contributed by atoms with E-state index < -0.39 is 139 Å². The molecule has 0 spiro atoms. The predicted molar refractivity (Wildman–Crippen MR) is 267 cm³/mol. The van der Waals surface area contributed by atoms with Crippen LogP contribution in [-0.4, -0.2) is 162 Å². The summed E-state index contributed by atoms with van der Waals surface area (Å²) in [5.74, 6) is -10.1. The summed E-state index contributed by atoms with van der Waals surface area (Å²) in [6.45, 7) is 5.79. The smallest absolute Gasteiger partial charge is 0.329 e. The van der Waals surface area contributed by atoms with Gasteiger partial charge in [0.15, 0.2) is 0 Å². The number of phenolic OH excluding ortho intramolecular Hbond substituents is 2. The number of piperidine rings is 1. The SMILES string of the molecule is CC[C@H](C)[C@@H]1NC(=O)[C@H](Cc2ccccc2)N(C)C(=O)C([C@@H](C)O)N2C(=O)[C@H](CC[C@H]2O)NC(=O)C(Cc2ccc(O)cc2)NC(=O)C(NC(=O)[C@H](CCC(N)=O)NC(=O)[C@H](O)Cc2ccc(O)cc2)[C@@H](C)OC1=O. The Balaban J connectivity index is 1.60. The Hall–Kier alpha value is -7.63. The summed E-state index contributed by atoms with van der Waals surface area (Å²) in [6, 6.07) is 8.22. The van der Waals surface area contributed by atoms with Crippen LogP contribution in [0.5, 0.6) is 11.5 Å². The third-order valence-corrected chi connectivity index (χ3v) is 13.4. The van der Waals surface area contributed by atoms with Gasteiger partial charge in [0, 0.05) is 32.7 Å². The molecular formula is C52H68N8O15. The van der Waals surface area contributed by atoms with Crippen molar-refractivity contribution in [1.29, 1.82) is 0 Å². The lowest BCUT2D eigenvalue weighted by Gasteiger charge is -2.43. The van der Waals surface area contributed by atoms with E-state index >= 15 is 0 Å². The van der Waals surface area contributed by atoms with Crippen molar-refractivity contribution in [2.24, 2.45) is 11.7 Å². The van der Waals surface area contributed by atoms with E-state index in [9.17, 15) is 68.7 Å². The van der Waals surface area contributed by atoms with Crippen molar-refractivity contribution >= 4 is 53.2 Å². The first-order chi connectivity index (χ1) is 35.5. The third-order valence-electron chi connectivity index (χ3n) is 13.4. The van der Waals surface area contributed by atoms with Gasteiger partial charge in [-0.3, -0.25) is 38.4 Å². The summed E-state index contributed by atoms with van der Waals surface area (Å²) in [4.78, 5) is 129. The molecule has 8 amide bonds. The number of ether oxygens (including phenoxy) is 1. The summed E-state index contributed by atoms with van der Waals surface area (Å²) in [5, 5.41) is 65.8. The van der Waals surface area contributed by atoms with E-state index in [-0.39, 0.29) is 50.0 Å². The summed E-state index contributed by atoms with van der Waals surface area (Å²) in [6.07, 6.45) is -8.50. The number of nitrogens with zero attached hydrogens (tertiary/aromatic N) is 2. The number of hydrogen-bond acceptors (Lipinski definition) is 15. The number of carbonyl (C=O) groups is 9. The number of nitrogens with two attached hydrogens (primary N) is 1. The van der Waals surface area contributed by atoms with E-state index in [1.807, 2.05) is 0 Å². The van der Waals surface area contributed by atoms with Gasteiger partial charge in [-0.05, 0) is 80.0 Å². The highest BCUT2D eigenvalue weighted by molar-refractivity contribution is 5.99. The number of aliphatic hydroxyl groups excluding tert-OH is 3. The van der Waals surface area contributed by atoms with Gasteiger partial charge in [-0.1, -0.05) is 74.9 Å². The van der Waals surface area contributed by atoms with Crippen LogP contribution in [0.15, 0.2) is 78.9 Å². The highest BCUT2D eigenvalue weighted by Gasteiger charge is 2.47. The van der Waals surface area contributed by atoms with Crippen molar-refractivity contribution in [3.63, 3.8) is 0 Å². The molecule has 0 aliphatic carbocycles. The number of primary amides is 1. The Morgan fingerprint density at radius 3 is 1.96 bits per heavy atom. The van der Waals surface area contributed by atoms with Gasteiger partial charge in [0.05, 0.1) is 6.10 Å². The largest absolute Gasteiger partial charge is 0.508 e. The summed E-state index contributed by atoms with van der Waals surface area (Å²) < 4.78 is 5.91. The minimum Gasteiger partial charge on any atom is -0.508 e. The van der Waals surface area contributed by atoms with Crippen molar-refractivity contribution in [1.82, 2.24) is 36.4 Å². The van der Waals surface area contributed by atoms with E-state index in [4.69, 9.17) is 10.5 Å². The molecule has 0 saturated carbocycles. The Kier molecular flexibility index (Phi) is 20.6. The third kappa shape index (κ3) is 15.7. The number of aromatic hydroxyl groups is 2. The Labute approximate surface area is 433 Å². The number of phenols is 2. The van der Waals surface area contributed by atoms with Gasteiger partial charge in [-0.15, -0.1) is 0 Å². The van der Waals surface area contributed by atoms with Gasteiger partial charge in [0.25, 0.3) is 0 Å². The van der Waals surface area contributed by atoms with Crippen LogP contribution in [0.4, 0.5) is 0 Å². The van der Waals surface area contributed by atoms with Gasteiger partial charge in [0.2, 0.25) is 47.3 Å². The quantitative estimate of drug-likeness (QED) is 0.0742. The second-order valence-corrected chi connectivity index (χ2v) is 19.1. The molecule has 75 heavy (non-hydrogen) atoms. The van der Waals surface area contributed by atoms with Crippen molar-refractivity contribution in [3.05, 3.63) is 95.6 Å². The minimum absolute atomic E-state index is 0.0664. The topological polar surface area (TPSA) is 357 Å². The molecule has 3 aromatic rings. The lowest BCUT2D eigenvalue weighted by atomic mass is 9.96. The maximum atomic E-state index is 14.8. The summed E-state index contributed by atoms with van der Waals surface area (Å²) in [7, 11) is 1.26. The van der Waals surface area contributed by atoms with Gasteiger partial charge in [-0.25, -0.2) is 4.79 Å². The molecule has 2 saturated heterocycles. The Morgan fingerprint density at radius 1 is 0.773 bits per heavy atom. The highest BCUT2D eigenvalue weighted by Crippen LogP contribution is 2.25. The number of likely N-dealkylation sites (N-methyl/N-ethyl adjacent to an activating group) is 1. The van der Waals surface area contributed by atoms with Crippen molar-refractivity contribution < 1.29 is 73.4 Å². The fourth-order valence-corrected chi connectivity index (χ4v) is 8.80. The lowest BCUT2D eigenvalue weighted by molar-refractivity contribution is -0.170. The van der Waals surface area contributed by atoms with E-state index in [2.05, 4.69) is 26.6 Å². The molecule has 2 aliphatic rings. The normalized spacial score (nSPS) is 24.9. The summed E-state index contributed by atoms with van der Waals surface area (Å²) >= 11 is 0. The Bertz CT molecular complexity index is 2510. The predicted octanol–water partition coefficient (Wildman–Crippen LogP) is -1.32. The average Bonchev–Trinajstić information content (AvgIpc) is 3.37. The van der Waals surface area contributed by atoms with Crippen LogP contribution in [0.3, 0.4) is 0 Å². The number of aliphatic hydroxyl groups is 3. The first-order valence-electron chi connectivity index (χ1n) is 24.7. The van der Waals surface area contributed by atoms with Crippen molar-refractivity contribution in [2.45, 2.75) is 146 Å². The molecule has 2 heterocycles. The highest BCUT2D eigenvalue weighted by atomic mass is 16.5. The van der Waals surface area contributed by atoms with Crippen LogP contribution in [0.1, 0.15) is 76.5 Å². The number of fused-ring (bicyclic) bond motifs is 2. The monoisotopic (exact) mass is 1040 g/mol. The van der Waals surface area contributed by atoms with Crippen LogP contribution in [0, 0.1) is 5.92 Å². The zero-order valence-electron chi connectivity index (χ0n) is 42.4. The van der Waals surface area contributed by atoms with E-state index in [0.717, 1.165) is 9.80 Å². The fourth-order valence-electron chi connectivity index (χ4n) is 8.80. The van der Waals surface area contributed by atoms with E-state index in [0.29, 0.717) is 16.7 Å². The number of benzene rings is 3. The number of nitrogens with one attached hydrogen (secondary N) is 5. The van der Waals surface area contributed by atoms with Crippen LogP contribution in [-0.2, 0) is 67.2 Å². The molecule has 0 aromatic heterocycles. The molecule has 5 rings (SSSR count). The Morgan fingerprint density at radius 2 is 1.37 bits per heavy atom. The van der Waals surface area contributed by atoms with Gasteiger partial charge >= 0.3 is 5.97 Å². The average molecular weight is 1050 g/mol. The van der Waals surface area contributed by atoms with Gasteiger partial charge in [0.1, 0.15) is 72.2 Å². The maximum Gasteiger partial charge on any atom is 0.329 e. The van der Waals surface area contributed by atoms with Crippen LogP contribution in [0.25, 0.3) is 0 Å². The molecule has 3 aromatic carbocycles. The first kappa shape index (κ1) is 58.3. The molecule has 0 radical (unpaired) electrons.